The summed E-state index contributed by atoms with van der Waals surface area (Å²) in [5.74, 6) is 5.46. The third-order valence-corrected chi connectivity index (χ3v) is 2.07. The Labute approximate surface area is 95.8 Å². The van der Waals surface area contributed by atoms with Gasteiger partial charge in [-0.3, -0.25) is 4.79 Å². The molecule has 1 aromatic carbocycles. The molecule has 0 amide bonds. The highest BCUT2D eigenvalue weighted by molar-refractivity contribution is 5.72. The van der Waals surface area contributed by atoms with Crippen LogP contribution < -0.4 is 5.32 Å². The molecular formula is C13H15NO2. The van der Waals surface area contributed by atoms with Gasteiger partial charge in [0, 0.05) is 12.1 Å². The maximum atomic E-state index is 10.9. The first-order chi connectivity index (χ1) is 7.77. The maximum Gasteiger partial charge on any atom is 0.317 e. The van der Waals surface area contributed by atoms with Crippen LogP contribution in [-0.4, -0.2) is 20.1 Å². The van der Waals surface area contributed by atoms with Gasteiger partial charge < -0.3 is 10.1 Å². The topological polar surface area (TPSA) is 38.3 Å². The Hall–Kier alpha value is -1.79. The van der Waals surface area contributed by atoms with Crippen LogP contribution in [0, 0.1) is 11.8 Å². The number of hydrogen-bond donors (Lipinski definition) is 1. The molecule has 0 heterocycles. The lowest BCUT2D eigenvalue weighted by Crippen LogP contribution is -2.06. The van der Waals surface area contributed by atoms with Gasteiger partial charge in [-0.1, -0.05) is 30.0 Å². The van der Waals surface area contributed by atoms with Gasteiger partial charge in [-0.2, -0.15) is 0 Å². The molecule has 0 fully saturated rings. The molecule has 0 aliphatic heterocycles. The lowest BCUT2D eigenvalue weighted by molar-refractivity contribution is -0.139. The Balaban J connectivity index is 2.75. The molecule has 0 radical (unpaired) electrons. The molecule has 1 N–H and O–H groups in total. The molecule has 0 spiro atoms. The van der Waals surface area contributed by atoms with Crippen molar-refractivity contribution in [2.45, 2.75) is 13.0 Å². The summed E-state index contributed by atoms with van der Waals surface area (Å²) in [7, 11) is 3.25. The summed E-state index contributed by atoms with van der Waals surface area (Å²) >= 11 is 0. The Morgan fingerprint density at radius 3 is 2.88 bits per heavy atom. The molecule has 0 unspecified atom stereocenters. The van der Waals surface area contributed by atoms with Gasteiger partial charge >= 0.3 is 5.97 Å². The van der Waals surface area contributed by atoms with E-state index in [-0.39, 0.29) is 12.4 Å². The van der Waals surface area contributed by atoms with E-state index in [1.807, 2.05) is 31.3 Å². The largest absolute Gasteiger partial charge is 0.468 e. The van der Waals surface area contributed by atoms with Crippen LogP contribution >= 0.6 is 0 Å². The average molecular weight is 217 g/mol. The van der Waals surface area contributed by atoms with Crippen LogP contribution in [0.15, 0.2) is 24.3 Å². The second kappa shape index (κ2) is 6.65. The lowest BCUT2D eigenvalue weighted by Gasteiger charge is -2.02. The van der Waals surface area contributed by atoms with Gasteiger partial charge in [0.05, 0.1) is 7.11 Å². The van der Waals surface area contributed by atoms with E-state index in [9.17, 15) is 4.79 Å². The van der Waals surface area contributed by atoms with Gasteiger partial charge in [0.1, 0.15) is 6.42 Å². The molecule has 1 aromatic rings. The van der Waals surface area contributed by atoms with E-state index in [0.29, 0.717) is 0 Å². The highest BCUT2D eigenvalue weighted by Gasteiger charge is 1.97. The smallest absolute Gasteiger partial charge is 0.317 e. The minimum atomic E-state index is -0.307. The van der Waals surface area contributed by atoms with Crippen LogP contribution in [0.5, 0.6) is 0 Å². The fourth-order valence-corrected chi connectivity index (χ4v) is 1.27. The summed E-state index contributed by atoms with van der Waals surface area (Å²) in [6.45, 7) is 0.767. The lowest BCUT2D eigenvalue weighted by atomic mass is 10.1. The fourth-order valence-electron chi connectivity index (χ4n) is 1.27. The zero-order chi connectivity index (χ0) is 11.8. The van der Waals surface area contributed by atoms with E-state index in [0.717, 1.165) is 17.7 Å². The summed E-state index contributed by atoms with van der Waals surface area (Å²) in [5, 5.41) is 3.08. The first-order valence-corrected chi connectivity index (χ1v) is 5.06. The van der Waals surface area contributed by atoms with Crippen LogP contribution in [0.2, 0.25) is 0 Å². The minimum absolute atomic E-state index is 0.129. The number of hydrogen-bond acceptors (Lipinski definition) is 3. The monoisotopic (exact) mass is 217 g/mol. The Morgan fingerprint density at radius 2 is 2.19 bits per heavy atom. The molecule has 3 nitrogen and oxygen atoms in total. The molecule has 0 atom stereocenters. The molecular weight excluding hydrogens is 202 g/mol. The van der Waals surface area contributed by atoms with Crippen molar-refractivity contribution in [3.63, 3.8) is 0 Å². The number of nitrogens with one attached hydrogen (secondary N) is 1. The average Bonchev–Trinajstić information content (AvgIpc) is 2.31. The summed E-state index contributed by atoms with van der Waals surface area (Å²) in [6.07, 6.45) is 0.129. The summed E-state index contributed by atoms with van der Waals surface area (Å²) in [5.41, 5.74) is 2.07. The van der Waals surface area contributed by atoms with Crippen molar-refractivity contribution >= 4 is 5.97 Å². The maximum absolute atomic E-state index is 10.9. The van der Waals surface area contributed by atoms with E-state index >= 15 is 0 Å². The second-order valence-corrected chi connectivity index (χ2v) is 3.24. The molecule has 0 bridgehead atoms. The molecule has 3 heteroatoms. The molecule has 0 aromatic heterocycles. The molecule has 84 valence electrons. The quantitative estimate of drug-likeness (QED) is 0.613. The zero-order valence-electron chi connectivity index (χ0n) is 9.54. The van der Waals surface area contributed by atoms with Crippen molar-refractivity contribution in [3.8, 4) is 11.8 Å². The van der Waals surface area contributed by atoms with Crippen LogP contribution in [0.1, 0.15) is 17.5 Å². The van der Waals surface area contributed by atoms with Crippen molar-refractivity contribution in [2.24, 2.45) is 0 Å². The Kier molecular flexibility index (Phi) is 5.10. The molecule has 1 rings (SSSR count). The van der Waals surface area contributed by atoms with E-state index in [1.165, 1.54) is 7.11 Å². The highest BCUT2D eigenvalue weighted by Crippen LogP contribution is 2.06. The summed E-state index contributed by atoms with van der Waals surface area (Å²) in [4.78, 5) is 10.9. The number of methoxy groups -OCH3 is 1. The van der Waals surface area contributed by atoms with Crippen molar-refractivity contribution < 1.29 is 9.53 Å². The minimum Gasteiger partial charge on any atom is -0.468 e. The van der Waals surface area contributed by atoms with Crippen molar-refractivity contribution in [3.05, 3.63) is 35.4 Å². The normalized spacial score (nSPS) is 9.12. The van der Waals surface area contributed by atoms with Gasteiger partial charge in [-0.05, 0) is 18.7 Å². The number of ether oxygens (including phenoxy) is 1. The van der Waals surface area contributed by atoms with Gasteiger partial charge in [0.15, 0.2) is 0 Å². The van der Waals surface area contributed by atoms with Crippen LogP contribution in [0.4, 0.5) is 0 Å². The molecule has 0 aliphatic carbocycles. The second-order valence-electron chi connectivity index (χ2n) is 3.24. The number of carbonyl (C=O) groups excluding carboxylic acids is 1. The SMILES string of the molecule is CNCc1ccccc1C#CCC(=O)OC. The van der Waals surface area contributed by atoms with Crippen molar-refractivity contribution in [1.29, 1.82) is 0 Å². The first-order valence-electron chi connectivity index (χ1n) is 5.06. The molecule has 16 heavy (non-hydrogen) atoms. The fraction of sp³-hybridized carbons (Fsp3) is 0.308. The zero-order valence-corrected chi connectivity index (χ0v) is 9.54. The van der Waals surface area contributed by atoms with E-state index < -0.39 is 0 Å². The van der Waals surface area contributed by atoms with Gasteiger partial charge in [0.25, 0.3) is 0 Å². The van der Waals surface area contributed by atoms with Crippen LogP contribution in [0.3, 0.4) is 0 Å². The van der Waals surface area contributed by atoms with Gasteiger partial charge in [0.2, 0.25) is 0 Å². The standard InChI is InChI=1S/C13H15NO2/c1-14-10-12-7-4-3-6-11(12)8-5-9-13(15)16-2/h3-4,6-7,14H,9-10H2,1-2H3. The summed E-state index contributed by atoms with van der Waals surface area (Å²) < 4.78 is 4.51. The van der Waals surface area contributed by atoms with Crippen molar-refractivity contribution in [1.82, 2.24) is 5.32 Å². The van der Waals surface area contributed by atoms with E-state index in [4.69, 9.17) is 0 Å². The van der Waals surface area contributed by atoms with Gasteiger partial charge in [-0.25, -0.2) is 0 Å². The van der Waals surface area contributed by atoms with Crippen LogP contribution in [0.25, 0.3) is 0 Å². The number of esters is 1. The molecule has 0 saturated heterocycles. The third-order valence-electron chi connectivity index (χ3n) is 2.07. The predicted octanol–water partition coefficient (Wildman–Crippen LogP) is 1.32. The van der Waals surface area contributed by atoms with Crippen LogP contribution in [-0.2, 0) is 16.1 Å². The summed E-state index contributed by atoms with van der Waals surface area (Å²) in [6, 6.07) is 7.86. The Bertz CT molecular complexity index is 415. The molecule has 0 aliphatic rings. The Morgan fingerprint density at radius 1 is 1.44 bits per heavy atom. The first kappa shape index (κ1) is 12.3. The van der Waals surface area contributed by atoms with Gasteiger partial charge in [-0.15, -0.1) is 0 Å². The van der Waals surface area contributed by atoms with E-state index in [2.05, 4.69) is 21.9 Å². The van der Waals surface area contributed by atoms with Crippen molar-refractivity contribution in [2.75, 3.05) is 14.2 Å². The number of benzene rings is 1. The number of rotatable bonds is 3. The third kappa shape index (κ3) is 3.76. The predicted molar refractivity (Wildman–Crippen MR) is 62.7 cm³/mol. The van der Waals surface area contributed by atoms with E-state index in [1.54, 1.807) is 0 Å². The number of carbonyl (C=O) groups is 1. The molecule has 0 saturated carbocycles. The highest BCUT2D eigenvalue weighted by atomic mass is 16.5.